The molecule has 0 spiro atoms. The summed E-state index contributed by atoms with van der Waals surface area (Å²) in [5.41, 5.74) is 0.621. The van der Waals surface area contributed by atoms with E-state index in [0.717, 1.165) is 6.08 Å². The van der Waals surface area contributed by atoms with Gasteiger partial charge in [0.25, 0.3) is 0 Å². The smallest absolute Gasteiger partial charge is 0.327 e. The zero-order chi connectivity index (χ0) is 17.4. The van der Waals surface area contributed by atoms with E-state index in [1.807, 2.05) is 18.2 Å². The van der Waals surface area contributed by atoms with Crippen LogP contribution in [0.25, 0.3) is 0 Å². The van der Waals surface area contributed by atoms with Crippen molar-refractivity contribution in [2.24, 2.45) is 0 Å². The standard InChI is InChI=1S/C19H20O5/c20-15-12-10-14(11-13-15)19(23)17(8-4-5-9-18(21)22)24-16-6-2-1-3-7-16/h1-3,5-7,9-13,17,19-20,23H,4,8H2,(H,21,22)/b9-5+/t17-,19-/m1/s1. The van der Waals surface area contributed by atoms with E-state index in [4.69, 9.17) is 9.84 Å². The number of aliphatic hydroxyl groups excluding tert-OH is 1. The Kier molecular flexibility index (Phi) is 6.40. The molecule has 2 atom stereocenters. The van der Waals surface area contributed by atoms with Crippen LogP contribution in [0.3, 0.4) is 0 Å². The van der Waals surface area contributed by atoms with Gasteiger partial charge in [-0.25, -0.2) is 4.79 Å². The first-order valence-electron chi connectivity index (χ1n) is 7.64. The lowest BCUT2D eigenvalue weighted by atomic mass is 10.0. The quantitative estimate of drug-likeness (QED) is 0.647. The molecule has 0 fully saturated rings. The summed E-state index contributed by atoms with van der Waals surface area (Å²) in [7, 11) is 0. The molecule has 2 aromatic carbocycles. The maximum absolute atomic E-state index is 10.6. The molecule has 0 radical (unpaired) electrons. The van der Waals surface area contributed by atoms with Crippen LogP contribution in [-0.4, -0.2) is 27.4 Å². The molecule has 0 aliphatic heterocycles. The molecule has 0 saturated heterocycles. The molecule has 5 nitrogen and oxygen atoms in total. The minimum Gasteiger partial charge on any atom is -0.508 e. The van der Waals surface area contributed by atoms with Crippen molar-refractivity contribution >= 4 is 5.97 Å². The van der Waals surface area contributed by atoms with Crippen LogP contribution in [0, 0.1) is 0 Å². The molecule has 3 N–H and O–H groups in total. The number of hydrogen-bond donors (Lipinski definition) is 3. The van der Waals surface area contributed by atoms with Crippen molar-refractivity contribution in [2.75, 3.05) is 0 Å². The maximum Gasteiger partial charge on any atom is 0.327 e. The molecule has 0 aliphatic rings. The van der Waals surface area contributed by atoms with Crippen LogP contribution in [0.1, 0.15) is 24.5 Å². The Morgan fingerprint density at radius 3 is 2.38 bits per heavy atom. The molecule has 5 heteroatoms. The van der Waals surface area contributed by atoms with Crippen LogP contribution in [-0.2, 0) is 4.79 Å². The van der Waals surface area contributed by atoms with Crippen LogP contribution < -0.4 is 4.74 Å². The Labute approximate surface area is 140 Å². The van der Waals surface area contributed by atoms with Gasteiger partial charge >= 0.3 is 5.97 Å². The Bertz CT molecular complexity index is 664. The minimum absolute atomic E-state index is 0.121. The molecule has 24 heavy (non-hydrogen) atoms. The van der Waals surface area contributed by atoms with Gasteiger partial charge in [0.2, 0.25) is 0 Å². The predicted octanol–water partition coefficient (Wildman–Crippen LogP) is 3.29. The van der Waals surface area contributed by atoms with Crippen molar-refractivity contribution < 1.29 is 24.9 Å². The molecule has 0 unspecified atom stereocenters. The van der Waals surface area contributed by atoms with Crippen LogP contribution in [0.4, 0.5) is 0 Å². The minimum atomic E-state index is -1.00. The number of para-hydroxylation sites is 1. The predicted molar refractivity (Wildman–Crippen MR) is 89.9 cm³/mol. The molecule has 0 heterocycles. The third kappa shape index (κ3) is 5.44. The second-order valence-corrected chi connectivity index (χ2v) is 5.32. The number of carboxylic acids is 1. The van der Waals surface area contributed by atoms with Crippen molar-refractivity contribution in [3.05, 3.63) is 72.3 Å². The monoisotopic (exact) mass is 328 g/mol. The zero-order valence-corrected chi connectivity index (χ0v) is 13.1. The highest BCUT2D eigenvalue weighted by molar-refractivity contribution is 5.79. The zero-order valence-electron chi connectivity index (χ0n) is 13.1. The third-order valence-corrected chi connectivity index (χ3v) is 3.50. The lowest BCUT2D eigenvalue weighted by molar-refractivity contribution is -0.131. The highest BCUT2D eigenvalue weighted by atomic mass is 16.5. The summed E-state index contributed by atoms with van der Waals surface area (Å²) >= 11 is 0. The van der Waals surface area contributed by atoms with E-state index >= 15 is 0 Å². The van der Waals surface area contributed by atoms with E-state index in [0.29, 0.717) is 24.2 Å². The van der Waals surface area contributed by atoms with Crippen molar-refractivity contribution in [3.63, 3.8) is 0 Å². The van der Waals surface area contributed by atoms with Crippen molar-refractivity contribution in [3.8, 4) is 11.5 Å². The Morgan fingerprint density at radius 2 is 1.75 bits per heavy atom. The summed E-state index contributed by atoms with van der Waals surface area (Å²) in [6.07, 6.45) is 2.07. The van der Waals surface area contributed by atoms with Gasteiger partial charge in [0.15, 0.2) is 0 Å². The van der Waals surface area contributed by atoms with Crippen molar-refractivity contribution in [2.45, 2.75) is 25.0 Å². The summed E-state index contributed by atoms with van der Waals surface area (Å²) in [5.74, 6) is -0.256. The number of aliphatic carboxylic acids is 1. The summed E-state index contributed by atoms with van der Waals surface area (Å²) in [5, 5.41) is 28.6. The number of phenols is 1. The highest BCUT2D eigenvalue weighted by Crippen LogP contribution is 2.26. The molecule has 0 saturated carbocycles. The highest BCUT2D eigenvalue weighted by Gasteiger charge is 2.22. The second kappa shape index (κ2) is 8.74. The van der Waals surface area contributed by atoms with Gasteiger partial charge in [0, 0.05) is 6.08 Å². The van der Waals surface area contributed by atoms with Gasteiger partial charge in [0.05, 0.1) is 0 Å². The Balaban J connectivity index is 2.11. The molecule has 0 amide bonds. The molecular weight excluding hydrogens is 308 g/mol. The Morgan fingerprint density at radius 1 is 1.08 bits per heavy atom. The van der Waals surface area contributed by atoms with Crippen LogP contribution in [0.5, 0.6) is 11.5 Å². The van der Waals surface area contributed by atoms with E-state index in [1.54, 1.807) is 24.3 Å². The number of aliphatic hydroxyl groups is 1. The molecule has 0 bridgehead atoms. The number of aromatic hydroxyl groups is 1. The van der Waals surface area contributed by atoms with Gasteiger partial charge in [-0.05, 0) is 42.7 Å². The molecule has 0 aliphatic carbocycles. The van der Waals surface area contributed by atoms with Crippen LogP contribution in [0.2, 0.25) is 0 Å². The lowest BCUT2D eigenvalue weighted by Gasteiger charge is -2.24. The molecular formula is C19H20O5. The number of carbonyl (C=O) groups is 1. The largest absolute Gasteiger partial charge is 0.508 e. The number of phenolic OH excluding ortho intramolecular Hbond substituents is 1. The first-order chi connectivity index (χ1) is 11.6. The van der Waals surface area contributed by atoms with Gasteiger partial charge in [-0.3, -0.25) is 0 Å². The second-order valence-electron chi connectivity index (χ2n) is 5.32. The summed E-state index contributed by atoms with van der Waals surface area (Å²) in [4.78, 5) is 10.5. The van der Waals surface area contributed by atoms with Gasteiger partial charge in [0.1, 0.15) is 23.7 Å². The summed E-state index contributed by atoms with van der Waals surface area (Å²) < 4.78 is 5.87. The van der Waals surface area contributed by atoms with Crippen LogP contribution in [0.15, 0.2) is 66.7 Å². The average molecular weight is 328 g/mol. The number of benzene rings is 2. The number of rotatable bonds is 8. The number of ether oxygens (including phenoxy) is 1. The fraction of sp³-hybridized carbons (Fsp3) is 0.211. The lowest BCUT2D eigenvalue weighted by Crippen LogP contribution is -2.25. The number of carboxylic acid groups (broad SMARTS) is 1. The molecule has 2 rings (SSSR count). The van der Waals surface area contributed by atoms with Gasteiger partial charge in [-0.2, -0.15) is 0 Å². The van der Waals surface area contributed by atoms with E-state index < -0.39 is 18.2 Å². The van der Waals surface area contributed by atoms with Crippen LogP contribution >= 0.6 is 0 Å². The van der Waals surface area contributed by atoms with Gasteiger partial charge < -0.3 is 20.1 Å². The summed E-state index contributed by atoms with van der Waals surface area (Å²) in [6.45, 7) is 0. The Hall–Kier alpha value is -2.79. The third-order valence-electron chi connectivity index (χ3n) is 3.50. The maximum atomic E-state index is 10.6. The first-order valence-corrected chi connectivity index (χ1v) is 7.64. The first kappa shape index (κ1) is 17.6. The SMILES string of the molecule is O=C(O)/C=C/CC[C@@H](Oc1ccccc1)[C@H](O)c1ccc(O)cc1. The average Bonchev–Trinajstić information content (AvgIpc) is 2.58. The molecule has 126 valence electrons. The molecule has 2 aromatic rings. The van der Waals surface area contributed by atoms with E-state index in [2.05, 4.69) is 0 Å². The van der Waals surface area contributed by atoms with Gasteiger partial charge in [-0.15, -0.1) is 0 Å². The normalized spacial score (nSPS) is 13.5. The van der Waals surface area contributed by atoms with Crippen molar-refractivity contribution in [1.29, 1.82) is 0 Å². The summed E-state index contributed by atoms with van der Waals surface area (Å²) in [6, 6.07) is 15.4. The van der Waals surface area contributed by atoms with E-state index in [1.165, 1.54) is 18.2 Å². The topological polar surface area (TPSA) is 87.0 Å². The number of allylic oxidation sites excluding steroid dienone is 1. The van der Waals surface area contributed by atoms with Gasteiger partial charge in [-0.1, -0.05) is 36.4 Å². The molecule has 0 aromatic heterocycles. The fourth-order valence-corrected chi connectivity index (χ4v) is 2.29. The fourth-order valence-electron chi connectivity index (χ4n) is 2.29. The number of hydrogen-bond acceptors (Lipinski definition) is 4. The van der Waals surface area contributed by atoms with E-state index in [9.17, 15) is 15.0 Å². The van der Waals surface area contributed by atoms with E-state index in [-0.39, 0.29) is 5.75 Å². The van der Waals surface area contributed by atoms with Crippen molar-refractivity contribution in [1.82, 2.24) is 0 Å².